The number of aromatic nitrogens is 4. The van der Waals surface area contributed by atoms with E-state index in [4.69, 9.17) is 23.2 Å². The first-order chi connectivity index (χ1) is 20.2. The molecule has 2 aromatic heterocycles. The SMILES string of the molecule is CN/N=C(\c1nc2ccc(Cl)cc2[nH]c1=O)C(O)c1ccc(C(O)/C(=N/NC)c2nc3ccc(Cl)cc3[nH]c2=O)cc1. The van der Waals surface area contributed by atoms with E-state index in [0.717, 1.165) is 0 Å². The summed E-state index contributed by atoms with van der Waals surface area (Å²) in [5, 5.41) is 31.6. The van der Waals surface area contributed by atoms with E-state index in [1.54, 1.807) is 60.7 Å². The third-order valence-corrected chi connectivity index (χ3v) is 6.81. The summed E-state index contributed by atoms with van der Waals surface area (Å²) in [5.74, 6) is 0. The molecule has 0 fully saturated rings. The lowest BCUT2D eigenvalue weighted by Crippen LogP contribution is -2.28. The van der Waals surface area contributed by atoms with Crippen molar-refractivity contribution in [3.05, 3.63) is 114 Å². The normalized spacial score (nSPS) is 13.8. The minimum absolute atomic E-state index is 0.0201. The molecule has 0 aliphatic heterocycles. The zero-order valence-corrected chi connectivity index (χ0v) is 23.7. The maximum Gasteiger partial charge on any atom is 0.276 e. The molecule has 42 heavy (non-hydrogen) atoms. The number of hydrogen-bond donors (Lipinski definition) is 6. The van der Waals surface area contributed by atoms with Crippen LogP contribution in [0.2, 0.25) is 10.0 Å². The molecular formula is C28H24Cl2N8O4. The number of aliphatic hydroxyl groups is 2. The van der Waals surface area contributed by atoms with Gasteiger partial charge in [0.05, 0.1) is 22.1 Å². The van der Waals surface area contributed by atoms with Gasteiger partial charge < -0.3 is 31.0 Å². The molecule has 0 aliphatic rings. The first-order valence-electron chi connectivity index (χ1n) is 12.5. The predicted molar refractivity (Wildman–Crippen MR) is 162 cm³/mol. The average Bonchev–Trinajstić information content (AvgIpc) is 2.97. The van der Waals surface area contributed by atoms with Gasteiger partial charge in [0.2, 0.25) is 0 Å². The van der Waals surface area contributed by atoms with Crippen molar-refractivity contribution in [2.24, 2.45) is 10.2 Å². The number of hydrogen-bond acceptors (Lipinski definition) is 10. The number of nitrogens with one attached hydrogen (secondary N) is 4. The quantitative estimate of drug-likeness (QED) is 0.115. The second-order valence-corrected chi connectivity index (χ2v) is 9.94. The first-order valence-corrected chi connectivity index (χ1v) is 13.3. The van der Waals surface area contributed by atoms with Crippen molar-refractivity contribution < 1.29 is 10.2 Å². The van der Waals surface area contributed by atoms with E-state index in [1.165, 1.54) is 14.1 Å². The van der Waals surface area contributed by atoms with Gasteiger partial charge in [0.25, 0.3) is 11.1 Å². The first kappa shape index (κ1) is 28.9. The summed E-state index contributed by atoms with van der Waals surface area (Å²) in [7, 11) is 3.06. The zero-order chi connectivity index (χ0) is 30.0. The minimum Gasteiger partial charge on any atom is -0.382 e. The molecule has 2 unspecified atom stereocenters. The molecule has 6 N–H and O–H groups in total. The highest BCUT2D eigenvalue weighted by Crippen LogP contribution is 2.24. The number of aromatic amines is 2. The van der Waals surface area contributed by atoms with Crippen LogP contribution in [-0.2, 0) is 0 Å². The van der Waals surface area contributed by atoms with Crippen LogP contribution in [0.3, 0.4) is 0 Å². The molecule has 0 saturated carbocycles. The van der Waals surface area contributed by atoms with Crippen LogP contribution in [0.15, 0.2) is 80.5 Å². The van der Waals surface area contributed by atoms with Crippen LogP contribution >= 0.6 is 23.2 Å². The van der Waals surface area contributed by atoms with Crippen LogP contribution in [0.5, 0.6) is 0 Å². The van der Waals surface area contributed by atoms with Crippen molar-refractivity contribution >= 4 is 56.7 Å². The Bertz CT molecular complexity index is 1830. The summed E-state index contributed by atoms with van der Waals surface area (Å²) in [6.45, 7) is 0. The van der Waals surface area contributed by atoms with E-state index in [2.05, 4.69) is 41.0 Å². The van der Waals surface area contributed by atoms with Gasteiger partial charge in [-0.1, -0.05) is 47.5 Å². The highest BCUT2D eigenvalue weighted by atomic mass is 35.5. The second kappa shape index (κ2) is 12.1. The molecule has 214 valence electrons. The summed E-state index contributed by atoms with van der Waals surface area (Å²) in [5.41, 5.74) is 6.41. The third-order valence-electron chi connectivity index (χ3n) is 6.34. The summed E-state index contributed by atoms with van der Waals surface area (Å²) in [6.07, 6.45) is -2.71. The fourth-order valence-electron chi connectivity index (χ4n) is 4.37. The Kier molecular flexibility index (Phi) is 8.31. The average molecular weight is 607 g/mol. The molecule has 3 aromatic carbocycles. The third kappa shape index (κ3) is 5.74. The van der Waals surface area contributed by atoms with Crippen LogP contribution in [0.4, 0.5) is 0 Å². The molecule has 5 aromatic rings. The Labute approximate surface area is 247 Å². The van der Waals surface area contributed by atoms with Gasteiger partial charge in [0.1, 0.15) is 23.6 Å². The summed E-state index contributed by atoms with van der Waals surface area (Å²) >= 11 is 12.0. The van der Waals surface area contributed by atoms with Gasteiger partial charge in [-0.3, -0.25) is 9.59 Å². The molecule has 0 spiro atoms. The molecular weight excluding hydrogens is 583 g/mol. The molecule has 0 aliphatic carbocycles. The molecule has 0 radical (unpaired) electrons. The lowest BCUT2D eigenvalue weighted by molar-refractivity contribution is 0.243. The zero-order valence-electron chi connectivity index (χ0n) is 22.2. The van der Waals surface area contributed by atoms with Crippen molar-refractivity contribution in [3.63, 3.8) is 0 Å². The maximum absolute atomic E-state index is 12.9. The number of benzene rings is 3. The van der Waals surface area contributed by atoms with Crippen molar-refractivity contribution in [2.75, 3.05) is 14.1 Å². The number of nitrogens with zero attached hydrogens (tertiary/aromatic N) is 4. The molecule has 5 rings (SSSR count). The molecule has 12 nitrogen and oxygen atoms in total. The largest absolute Gasteiger partial charge is 0.382 e. The van der Waals surface area contributed by atoms with Crippen LogP contribution < -0.4 is 22.0 Å². The number of rotatable bonds is 8. The van der Waals surface area contributed by atoms with Gasteiger partial charge in [0, 0.05) is 24.1 Å². The Morgan fingerprint density at radius 3 is 1.45 bits per heavy atom. The minimum atomic E-state index is -1.36. The van der Waals surface area contributed by atoms with E-state index in [1.807, 2.05) is 0 Å². The molecule has 14 heteroatoms. The van der Waals surface area contributed by atoms with Crippen molar-refractivity contribution in [1.29, 1.82) is 0 Å². The van der Waals surface area contributed by atoms with Gasteiger partial charge in [-0.2, -0.15) is 10.2 Å². The van der Waals surface area contributed by atoms with Gasteiger partial charge in [-0.25, -0.2) is 9.97 Å². The van der Waals surface area contributed by atoms with Crippen LogP contribution in [0.1, 0.15) is 34.7 Å². The highest BCUT2D eigenvalue weighted by Gasteiger charge is 2.25. The topological polar surface area (TPSA) is 181 Å². The standard InChI is InChI=1S/C28H24Cl2N8O4/c1-31-37-21(23-27(41)35-19-11-15(29)7-9-17(19)33-23)25(39)13-3-5-14(6-4-13)26(40)22(38-32-2)24-28(42)36-20-12-16(30)8-10-18(20)34-24/h3-12,25-26,31-32,39-40H,1-2H3,(H,35,41)(H,36,42)/b37-21+,38-22+. The van der Waals surface area contributed by atoms with Crippen LogP contribution in [0, 0.1) is 0 Å². The smallest absolute Gasteiger partial charge is 0.276 e. The van der Waals surface area contributed by atoms with Gasteiger partial charge in [-0.05, 0) is 47.5 Å². The summed E-state index contributed by atoms with van der Waals surface area (Å²) in [6, 6.07) is 15.9. The lowest BCUT2D eigenvalue weighted by Gasteiger charge is -2.17. The Hall–Kier alpha value is -4.62. The number of fused-ring (bicyclic) bond motifs is 2. The Morgan fingerprint density at radius 1 is 0.714 bits per heavy atom. The molecule has 0 bridgehead atoms. The summed E-state index contributed by atoms with van der Waals surface area (Å²) < 4.78 is 0. The highest BCUT2D eigenvalue weighted by molar-refractivity contribution is 6.31. The molecule has 0 saturated heterocycles. The van der Waals surface area contributed by atoms with E-state index >= 15 is 0 Å². The summed E-state index contributed by atoms with van der Waals surface area (Å²) in [4.78, 5) is 39.9. The number of H-pyrrole nitrogens is 2. The van der Waals surface area contributed by atoms with E-state index in [-0.39, 0.29) is 22.8 Å². The monoisotopic (exact) mass is 606 g/mol. The molecule has 0 amide bonds. The van der Waals surface area contributed by atoms with Crippen LogP contribution in [-0.4, -0.2) is 55.7 Å². The number of halogens is 2. The van der Waals surface area contributed by atoms with Crippen molar-refractivity contribution in [1.82, 2.24) is 30.8 Å². The Morgan fingerprint density at radius 2 is 1.10 bits per heavy atom. The van der Waals surface area contributed by atoms with Crippen molar-refractivity contribution in [3.8, 4) is 0 Å². The number of aliphatic hydroxyl groups excluding tert-OH is 2. The fraction of sp³-hybridized carbons (Fsp3) is 0.143. The lowest BCUT2D eigenvalue weighted by atomic mass is 9.97. The van der Waals surface area contributed by atoms with Gasteiger partial charge in [-0.15, -0.1) is 0 Å². The van der Waals surface area contributed by atoms with Gasteiger partial charge in [0.15, 0.2) is 11.4 Å². The molecule has 2 heterocycles. The maximum atomic E-state index is 12.9. The molecule has 2 atom stereocenters. The van der Waals surface area contributed by atoms with Gasteiger partial charge >= 0.3 is 0 Å². The second-order valence-electron chi connectivity index (χ2n) is 9.07. The van der Waals surface area contributed by atoms with E-state index in [0.29, 0.717) is 43.2 Å². The van der Waals surface area contributed by atoms with E-state index in [9.17, 15) is 19.8 Å². The fourth-order valence-corrected chi connectivity index (χ4v) is 4.71. The van der Waals surface area contributed by atoms with Crippen molar-refractivity contribution in [2.45, 2.75) is 12.2 Å². The van der Waals surface area contributed by atoms with E-state index < -0.39 is 23.3 Å². The van der Waals surface area contributed by atoms with Crippen LogP contribution in [0.25, 0.3) is 22.1 Å². The Balaban J connectivity index is 1.47. The number of hydrazone groups is 2. The predicted octanol–water partition coefficient (Wildman–Crippen LogP) is 2.78.